The molecular weight excluding hydrogens is 328 g/mol. The minimum atomic E-state index is 0.245. The smallest absolute Gasteiger partial charge is 0.117 e. The van der Waals surface area contributed by atoms with Gasteiger partial charge in [0.15, 0.2) is 0 Å². The van der Waals surface area contributed by atoms with Gasteiger partial charge in [0.25, 0.3) is 0 Å². The topological polar surface area (TPSA) is 42.4 Å². The van der Waals surface area contributed by atoms with Gasteiger partial charge in [0.1, 0.15) is 5.76 Å². The fraction of sp³-hybridized carbons (Fsp3) is 0.412. The van der Waals surface area contributed by atoms with Crippen LogP contribution in [0, 0.1) is 6.92 Å². The van der Waals surface area contributed by atoms with Crippen molar-refractivity contribution in [3.8, 4) is 0 Å². The lowest BCUT2D eigenvalue weighted by atomic mass is 10.0. The summed E-state index contributed by atoms with van der Waals surface area (Å²) in [4.78, 5) is 2.49. The highest BCUT2D eigenvalue weighted by molar-refractivity contribution is 9.10. The zero-order valence-electron chi connectivity index (χ0n) is 12.3. The number of hydrogen-bond acceptors (Lipinski definition) is 3. The van der Waals surface area contributed by atoms with Crippen LogP contribution in [0.1, 0.15) is 35.8 Å². The molecular formula is C17H21BrN2O. The Balaban J connectivity index is 1.86. The minimum absolute atomic E-state index is 0.245. The summed E-state index contributed by atoms with van der Waals surface area (Å²) in [7, 11) is 0. The van der Waals surface area contributed by atoms with Crippen molar-refractivity contribution >= 4 is 15.9 Å². The molecule has 2 N–H and O–H groups in total. The summed E-state index contributed by atoms with van der Waals surface area (Å²) >= 11 is 3.57. The molecule has 4 heteroatoms. The van der Waals surface area contributed by atoms with Gasteiger partial charge in [-0.15, -0.1) is 0 Å². The molecule has 21 heavy (non-hydrogen) atoms. The van der Waals surface area contributed by atoms with Crippen LogP contribution in [0.3, 0.4) is 0 Å². The van der Waals surface area contributed by atoms with Crippen molar-refractivity contribution in [2.75, 3.05) is 6.54 Å². The number of benzene rings is 1. The maximum absolute atomic E-state index is 6.10. The van der Waals surface area contributed by atoms with E-state index in [1.54, 1.807) is 6.26 Å². The average Bonchev–Trinajstić information content (AvgIpc) is 3.20. The van der Waals surface area contributed by atoms with Crippen LogP contribution in [-0.4, -0.2) is 17.5 Å². The second kappa shape index (κ2) is 6.34. The Labute approximate surface area is 134 Å². The van der Waals surface area contributed by atoms with Crippen molar-refractivity contribution in [3.05, 3.63) is 58.0 Å². The van der Waals surface area contributed by atoms with Gasteiger partial charge in [-0.25, -0.2) is 0 Å². The average molecular weight is 349 g/mol. The Morgan fingerprint density at radius 3 is 2.76 bits per heavy atom. The van der Waals surface area contributed by atoms with Crippen molar-refractivity contribution in [1.82, 2.24) is 4.90 Å². The maximum atomic E-state index is 6.10. The fourth-order valence-corrected chi connectivity index (χ4v) is 3.07. The quantitative estimate of drug-likeness (QED) is 0.857. The third-order valence-electron chi connectivity index (χ3n) is 4.12. The standard InChI is InChI=1S/C17H21BrN2O/c1-12-9-13(4-7-16(12)18)17(10-19)20(14-5-6-14)11-15-3-2-8-21-15/h2-4,7-9,14,17H,5-6,10-11,19H2,1H3. The van der Waals surface area contributed by atoms with Gasteiger partial charge < -0.3 is 10.2 Å². The number of aryl methyl sites for hydroxylation is 1. The van der Waals surface area contributed by atoms with E-state index in [9.17, 15) is 0 Å². The van der Waals surface area contributed by atoms with Gasteiger partial charge >= 0.3 is 0 Å². The van der Waals surface area contributed by atoms with Crippen molar-refractivity contribution < 1.29 is 4.42 Å². The Morgan fingerprint density at radius 1 is 1.38 bits per heavy atom. The molecule has 1 atom stereocenters. The molecule has 1 aliphatic carbocycles. The molecule has 2 aromatic rings. The lowest BCUT2D eigenvalue weighted by Crippen LogP contribution is -2.35. The van der Waals surface area contributed by atoms with E-state index < -0.39 is 0 Å². The molecule has 112 valence electrons. The lowest BCUT2D eigenvalue weighted by Gasteiger charge is -2.31. The van der Waals surface area contributed by atoms with Crippen molar-refractivity contribution in [2.45, 2.75) is 38.4 Å². The molecule has 1 aliphatic rings. The van der Waals surface area contributed by atoms with E-state index >= 15 is 0 Å². The Bertz CT molecular complexity index is 593. The monoisotopic (exact) mass is 348 g/mol. The summed E-state index contributed by atoms with van der Waals surface area (Å²) in [6, 6.07) is 11.4. The van der Waals surface area contributed by atoms with Crippen LogP contribution in [0.2, 0.25) is 0 Å². The molecule has 1 aromatic heterocycles. The van der Waals surface area contributed by atoms with Gasteiger partial charge in [-0.05, 0) is 49.1 Å². The zero-order chi connectivity index (χ0) is 14.8. The first kappa shape index (κ1) is 14.8. The summed E-state index contributed by atoms with van der Waals surface area (Å²) in [6.07, 6.45) is 4.25. The first-order valence-corrected chi connectivity index (χ1v) is 8.22. The Hall–Kier alpha value is -1.10. The van der Waals surface area contributed by atoms with E-state index in [0.717, 1.165) is 16.8 Å². The number of halogens is 1. The summed E-state index contributed by atoms with van der Waals surface area (Å²) in [6.45, 7) is 3.57. The zero-order valence-corrected chi connectivity index (χ0v) is 13.8. The molecule has 3 nitrogen and oxygen atoms in total. The van der Waals surface area contributed by atoms with E-state index in [1.807, 2.05) is 12.1 Å². The molecule has 1 unspecified atom stereocenters. The van der Waals surface area contributed by atoms with Crippen LogP contribution in [0.15, 0.2) is 45.5 Å². The van der Waals surface area contributed by atoms with Crippen molar-refractivity contribution in [2.24, 2.45) is 5.73 Å². The summed E-state index contributed by atoms with van der Waals surface area (Å²) in [5.41, 5.74) is 8.64. The SMILES string of the molecule is Cc1cc(C(CN)N(Cc2ccco2)C2CC2)ccc1Br. The van der Waals surface area contributed by atoms with Crippen LogP contribution < -0.4 is 5.73 Å². The lowest BCUT2D eigenvalue weighted by molar-refractivity contribution is 0.168. The van der Waals surface area contributed by atoms with Crippen LogP contribution >= 0.6 is 15.9 Å². The van der Waals surface area contributed by atoms with Gasteiger partial charge in [-0.3, -0.25) is 4.90 Å². The van der Waals surface area contributed by atoms with Gasteiger partial charge in [-0.2, -0.15) is 0 Å². The molecule has 0 amide bonds. The maximum Gasteiger partial charge on any atom is 0.117 e. The van der Waals surface area contributed by atoms with Gasteiger partial charge in [0.2, 0.25) is 0 Å². The van der Waals surface area contributed by atoms with E-state index in [1.165, 1.54) is 24.0 Å². The molecule has 0 saturated heterocycles. The number of hydrogen-bond donors (Lipinski definition) is 1. The van der Waals surface area contributed by atoms with Gasteiger partial charge in [0, 0.05) is 23.1 Å². The number of nitrogens with zero attached hydrogens (tertiary/aromatic N) is 1. The third kappa shape index (κ3) is 3.39. The Morgan fingerprint density at radius 2 is 2.19 bits per heavy atom. The van der Waals surface area contributed by atoms with Crippen LogP contribution in [0.5, 0.6) is 0 Å². The van der Waals surface area contributed by atoms with Gasteiger partial charge in [0.05, 0.1) is 12.8 Å². The molecule has 1 fully saturated rings. The first-order chi connectivity index (χ1) is 10.2. The fourth-order valence-electron chi connectivity index (χ4n) is 2.82. The van der Waals surface area contributed by atoms with E-state index in [0.29, 0.717) is 12.6 Å². The van der Waals surface area contributed by atoms with Crippen molar-refractivity contribution in [3.63, 3.8) is 0 Å². The Kier molecular flexibility index (Phi) is 4.48. The van der Waals surface area contributed by atoms with Crippen molar-refractivity contribution in [1.29, 1.82) is 0 Å². The number of furan rings is 1. The molecule has 0 spiro atoms. The molecule has 1 heterocycles. The molecule has 1 saturated carbocycles. The normalized spacial score (nSPS) is 16.4. The molecule has 3 rings (SSSR count). The molecule has 0 bridgehead atoms. The highest BCUT2D eigenvalue weighted by atomic mass is 79.9. The third-order valence-corrected chi connectivity index (χ3v) is 5.01. The second-order valence-corrected chi connectivity index (χ2v) is 6.60. The highest BCUT2D eigenvalue weighted by Crippen LogP contribution is 2.36. The first-order valence-electron chi connectivity index (χ1n) is 7.43. The van der Waals surface area contributed by atoms with E-state index in [4.69, 9.17) is 10.2 Å². The summed E-state index contributed by atoms with van der Waals surface area (Å²) in [5.74, 6) is 1.01. The predicted molar refractivity (Wildman–Crippen MR) is 87.9 cm³/mol. The molecule has 0 aliphatic heterocycles. The molecule has 0 radical (unpaired) electrons. The minimum Gasteiger partial charge on any atom is -0.468 e. The molecule has 1 aromatic carbocycles. The van der Waals surface area contributed by atoms with Crippen LogP contribution in [-0.2, 0) is 6.54 Å². The van der Waals surface area contributed by atoms with E-state index in [2.05, 4.69) is 46.0 Å². The largest absolute Gasteiger partial charge is 0.468 e. The van der Waals surface area contributed by atoms with Crippen LogP contribution in [0.25, 0.3) is 0 Å². The highest BCUT2D eigenvalue weighted by Gasteiger charge is 2.34. The predicted octanol–water partition coefficient (Wildman–Crippen LogP) is 4.01. The summed E-state index contributed by atoms with van der Waals surface area (Å²) < 4.78 is 6.67. The van der Waals surface area contributed by atoms with Gasteiger partial charge in [-0.1, -0.05) is 28.1 Å². The number of nitrogens with two attached hydrogens (primary N) is 1. The second-order valence-electron chi connectivity index (χ2n) is 5.74. The number of rotatable bonds is 6. The van der Waals surface area contributed by atoms with Crippen LogP contribution in [0.4, 0.5) is 0 Å². The van der Waals surface area contributed by atoms with E-state index in [-0.39, 0.29) is 6.04 Å². The summed E-state index contributed by atoms with van der Waals surface area (Å²) in [5, 5.41) is 0.